The Labute approximate surface area is 114 Å². The first-order chi connectivity index (χ1) is 9.31. The summed E-state index contributed by atoms with van der Waals surface area (Å²) in [6, 6.07) is 5.03. The van der Waals surface area contributed by atoms with Crippen molar-refractivity contribution in [2.45, 2.75) is 24.7 Å². The zero-order valence-electron chi connectivity index (χ0n) is 10.6. The van der Waals surface area contributed by atoms with Crippen molar-refractivity contribution in [3.8, 4) is 0 Å². The fourth-order valence-electron chi connectivity index (χ4n) is 2.18. The van der Waals surface area contributed by atoms with Gasteiger partial charge in [0.05, 0.1) is 17.5 Å². The molecule has 0 radical (unpaired) electrons. The van der Waals surface area contributed by atoms with Crippen LogP contribution in [-0.4, -0.2) is 29.7 Å². The highest BCUT2D eigenvalue weighted by molar-refractivity contribution is 5.68. The molecule has 0 bridgehead atoms. The molecular formula is C13H15F3N2O2. The summed E-state index contributed by atoms with van der Waals surface area (Å²) >= 11 is 0. The van der Waals surface area contributed by atoms with E-state index in [1.54, 1.807) is 6.07 Å². The van der Waals surface area contributed by atoms with E-state index in [0.717, 1.165) is 12.1 Å². The molecular weight excluding hydrogens is 273 g/mol. The van der Waals surface area contributed by atoms with E-state index in [-0.39, 0.29) is 13.0 Å². The van der Waals surface area contributed by atoms with E-state index in [4.69, 9.17) is 5.11 Å². The predicted octanol–water partition coefficient (Wildman–Crippen LogP) is 1.61. The predicted molar refractivity (Wildman–Crippen MR) is 66.1 cm³/mol. The van der Waals surface area contributed by atoms with Crippen molar-refractivity contribution in [3.63, 3.8) is 0 Å². The summed E-state index contributed by atoms with van der Waals surface area (Å²) in [5.41, 5.74) is -0.785. The molecule has 0 amide bonds. The highest BCUT2D eigenvalue weighted by Gasteiger charge is 2.38. The van der Waals surface area contributed by atoms with Crippen LogP contribution in [0, 0.1) is 0 Å². The summed E-state index contributed by atoms with van der Waals surface area (Å²) in [4.78, 5) is 10.8. The molecule has 2 rings (SSSR count). The van der Waals surface area contributed by atoms with E-state index in [9.17, 15) is 18.0 Å². The third-order valence-electron chi connectivity index (χ3n) is 3.34. The summed E-state index contributed by atoms with van der Waals surface area (Å²) in [5.74, 6) is -0.928. The minimum absolute atomic E-state index is 0.0566. The van der Waals surface area contributed by atoms with Crippen LogP contribution in [0.25, 0.3) is 0 Å². The van der Waals surface area contributed by atoms with Crippen molar-refractivity contribution in [3.05, 3.63) is 35.4 Å². The SMILES string of the molecule is O=C(O)CC1(NCc2cccc(C(F)(F)F)c2)CNC1. The number of carbonyl (C=O) groups is 1. The van der Waals surface area contributed by atoms with E-state index < -0.39 is 23.2 Å². The molecule has 0 unspecified atom stereocenters. The number of halogens is 3. The normalized spacial score (nSPS) is 17.6. The van der Waals surface area contributed by atoms with Gasteiger partial charge in [-0.25, -0.2) is 0 Å². The smallest absolute Gasteiger partial charge is 0.416 e. The standard InChI is InChI=1S/C13H15F3N2O2/c14-13(15,16)10-3-1-2-9(4-10)6-18-12(5-11(19)20)7-17-8-12/h1-4,17-18H,5-8H2,(H,19,20). The van der Waals surface area contributed by atoms with E-state index >= 15 is 0 Å². The largest absolute Gasteiger partial charge is 0.481 e. The number of nitrogens with one attached hydrogen (secondary N) is 2. The first kappa shape index (κ1) is 14.8. The van der Waals surface area contributed by atoms with Crippen LogP contribution in [0.1, 0.15) is 17.5 Å². The molecule has 1 aromatic carbocycles. The van der Waals surface area contributed by atoms with Crippen LogP contribution < -0.4 is 10.6 Å². The lowest BCUT2D eigenvalue weighted by Gasteiger charge is -2.42. The fourth-order valence-corrected chi connectivity index (χ4v) is 2.18. The lowest BCUT2D eigenvalue weighted by Crippen LogP contribution is -2.68. The molecule has 1 saturated heterocycles. The van der Waals surface area contributed by atoms with Crippen LogP contribution in [-0.2, 0) is 17.5 Å². The molecule has 1 heterocycles. The molecule has 0 saturated carbocycles. The number of alkyl halides is 3. The van der Waals surface area contributed by atoms with Crippen LogP contribution in [0.15, 0.2) is 24.3 Å². The summed E-state index contributed by atoms with van der Waals surface area (Å²) in [6.07, 6.45) is -4.42. The van der Waals surface area contributed by atoms with E-state index in [1.807, 2.05) is 0 Å². The van der Waals surface area contributed by atoms with Crippen molar-refractivity contribution in [2.75, 3.05) is 13.1 Å². The van der Waals surface area contributed by atoms with Gasteiger partial charge in [-0.3, -0.25) is 4.79 Å². The summed E-state index contributed by atoms with van der Waals surface area (Å²) in [5, 5.41) is 14.9. The van der Waals surface area contributed by atoms with Gasteiger partial charge in [0, 0.05) is 19.6 Å². The van der Waals surface area contributed by atoms with Crippen LogP contribution in [0.2, 0.25) is 0 Å². The van der Waals surface area contributed by atoms with Gasteiger partial charge < -0.3 is 15.7 Å². The number of carboxylic acids is 1. The third kappa shape index (κ3) is 3.49. The molecule has 0 aliphatic carbocycles. The Morgan fingerprint density at radius 2 is 2.10 bits per heavy atom. The van der Waals surface area contributed by atoms with Crippen LogP contribution in [0.4, 0.5) is 13.2 Å². The molecule has 0 spiro atoms. The van der Waals surface area contributed by atoms with Crippen LogP contribution >= 0.6 is 0 Å². The van der Waals surface area contributed by atoms with Gasteiger partial charge in [-0.2, -0.15) is 13.2 Å². The van der Waals surface area contributed by atoms with Gasteiger partial charge in [-0.15, -0.1) is 0 Å². The number of rotatable bonds is 5. The molecule has 110 valence electrons. The zero-order valence-corrected chi connectivity index (χ0v) is 10.6. The second kappa shape index (κ2) is 5.41. The van der Waals surface area contributed by atoms with Gasteiger partial charge in [0.1, 0.15) is 0 Å². The molecule has 3 N–H and O–H groups in total. The Morgan fingerprint density at radius 3 is 2.60 bits per heavy atom. The maximum Gasteiger partial charge on any atom is 0.416 e. The Balaban J connectivity index is 2.02. The fraction of sp³-hybridized carbons (Fsp3) is 0.462. The van der Waals surface area contributed by atoms with Crippen molar-refractivity contribution in [2.24, 2.45) is 0 Å². The van der Waals surface area contributed by atoms with Gasteiger partial charge >= 0.3 is 12.1 Å². The average Bonchev–Trinajstić information content (AvgIpc) is 2.31. The van der Waals surface area contributed by atoms with Gasteiger partial charge in [-0.1, -0.05) is 18.2 Å². The molecule has 0 atom stereocenters. The van der Waals surface area contributed by atoms with E-state index in [2.05, 4.69) is 10.6 Å². The molecule has 0 aromatic heterocycles. The number of hydrogen-bond donors (Lipinski definition) is 3. The zero-order chi connectivity index (χ0) is 14.8. The minimum atomic E-state index is -4.37. The van der Waals surface area contributed by atoms with Crippen molar-refractivity contribution in [1.82, 2.24) is 10.6 Å². The molecule has 1 aliphatic heterocycles. The lowest BCUT2D eigenvalue weighted by molar-refractivity contribution is -0.139. The Kier molecular flexibility index (Phi) is 4.01. The van der Waals surface area contributed by atoms with E-state index in [0.29, 0.717) is 18.7 Å². The summed E-state index contributed by atoms with van der Waals surface area (Å²) in [7, 11) is 0. The molecule has 1 aromatic rings. The molecule has 1 aliphatic rings. The second-order valence-electron chi connectivity index (χ2n) is 5.01. The number of carboxylic acid groups (broad SMARTS) is 1. The Morgan fingerprint density at radius 1 is 1.40 bits per heavy atom. The molecule has 1 fully saturated rings. The highest BCUT2D eigenvalue weighted by Crippen LogP contribution is 2.29. The summed E-state index contributed by atoms with van der Waals surface area (Å²) < 4.78 is 37.8. The van der Waals surface area contributed by atoms with Crippen LogP contribution in [0.5, 0.6) is 0 Å². The third-order valence-corrected chi connectivity index (χ3v) is 3.34. The first-order valence-electron chi connectivity index (χ1n) is 6.14. The Hall–Kier alpha value is -1.60. The topological polar surface area (TPSA) is 61.4 Å². The first-order valence-corrected chi connectivity index (χ1v) is 6.14. The average molecular weight is 288 g/mol. The maximum atomic E-state index is 12.6. The molecule has 4 nitrogen and oxygen atoms in total. The Bertz CT molecular complexity index is 499. The number of benzene rings is 1. The van der Waals surface area contributed by atoms with Gasteiger partial charge in [0.2, 0.25) is 0 Å². The quantitative estimate of drug-likeness (QED) is 0.770. The van der Waals surface area contributed by atoms with Crippen molar-refractivity contribution >= 4 is 5.97 Å². The molecule has 20 heavy (non-hydrogen) atoms. The van der Waals surface area contributed by atoms with E-state index in [1.165, 1.54) is 6.07 Å². The lowest BCUT2D eigenvalue weighted by atomic mass is 9.88. The summed E-state index contributed by atoms with van der Waals surface area (Å²) in [6.45, 7) is 1.20. The molecule has 7 heteroatoms. The number of hydrogen-bond acceptors (Lipinski definition) is 3. The van der Waals surface area contributed by atoms with Crippen molar-refractivity contribution in [1.29, 1.82) is 0 Å². The van der Waals surface area contributed by atoms with Gasteiger partial charge in [0.25, 0.3) is 0 Å². The van der Waals surface area contributed by atoms with Gasteiger partial charge in [-0.05, 0) is 11.6 Å². The second-order valence-corrected chi connectivity index (χ2v) is 5.01. The maximum absolute atomic E-state index is 12.6. The van der Waals surface area contributed by atoms with Crippen molar-refractivity contribution < 1.29 is 23.1 Å². The van der Waals surface area contributed by atoms with Crippen LogP contribution in [0.3, 0.4) is 0 Å². The highest BCUT2D eigenvalue weighted by atomic mass is 19.4. The minimum Gasteiger partial charge on any atom is -0.481 e. The number of aliphatic carboxylic acids is 1. The monoisotopic (exact) mass is 288 g/mol. The van der Waals surface area contributed by atoms with Gasteiger partial charge in [0.15, 0.2) is 0 Å².